The molecule has 1 aromatic carbocycles. The summed E-state index contributed by atoms with van der Waals surface area (Å²) >= 11 is 0. The van der Waals surface area contributed by atoms with Gasteiger partial charge in [0.2, 0.25) is 0 Å². The van der Waals surface area contributed by atoms with E-state index in [-0.39, 0.29) is 5.41 Å². The first kappa shape index (κ1) is 18.8. The van der Waals surface area contributed by atoms with Crippen molar-refractivity contribution in [3.8, 4) is 0 Å². The number of benzene rings is 1. The van der Waals surface area contributed by atoms with Crippen molar-refractivity contribution < 1.29 is 8.42 Å². The Hall–Kier alpha value is -0.950. The zero-order chi connectivity index (χ0) is 18.1. The summed E-state index contributed by atoms with van der Waals surface area (Å²) < 4.78 is 27.8. The average Bonchev–Trinajstić information content (AvgIpc) is 2.62. The molecule has 5 nitrogen and oxygen atoms in total. The molecule has 6 heteroatoms. The molecule has 0 radical (unpaired) electrons. The molecular formula is C19H31N3O2S. The number of hydrogen-bond donors (Lipinski definition) is 0. The first-order chi connectivity index (χ1) is 11.9. The second-order valence-corrected chi connectivity index (χ2v) is 9.97. The fourth-order valence-electron chi connectivity index (χ4n) is 4.48. The maximum absolute atomic E-state index is 12.4. The van der Waals surface area contributed by atoms with E-state index in [2.05, 4.69) is 42.2 Å². The van der Waals surface area contributed by atoms with Gasteiger partial charge in [-0.3, -0.25) is 0 Å². The van der Waals surface area contributed by atoms with E-state index >= 15 is 0 Å². The van der Waals surface area contributed by atoms with E-state index in [0.29, 0.717) is 19.0 Å². The number of hydrogen-bond acceptors (Lipinski definition) is 3. The van der Waals surface area contributed by atoms with Crippen LogP contribution in [0, 0.1) is 5.41 Å². The molecule has 1 aromatic rings. The van der Waals surface area contributed by atoms with E-state index in [1.165, 1.54) is 16.3 Å². The molecule has 1 atom stereocenters. The minimum absolute atomic E-state index is 0.243. The van der Waals surface area contributed by atoms with Crippen molar-refractivity contribution in [3.63, 3.8) is 0 Å². The Morgan fingerprint density at radius 2 is 1.80 bits per heavy atom. The minimum Gasteiger partial charge on any atom is -0.302 e. The van der Waals surface area contributed by atoms with Crippen LogP contribution in [0.25, 0.3) is 0 Å². The molecule has 0 aromatic heterocycles. The molecule has 2 fully saturated rings. The fraction of sp³-hybridized carbons (Fsp3) is 0.684. The first-order valence-corrected chi connectivity index (χ1v) is 10.7. The molecule has 1 spiro atoms. The van der Waals surface area contributed by atoms with Gasteiger partial charge < -0.3 is 4.90 Å². The molecule has 0 aliphatic carbocycles. The van der Waals surface area contributed by atoms with Gasteiger partial charge in [0.05, 0.1) is 0 Å². The molecule has 0 bridgehead atoms. The monoisotopic (exact) mass is 365 g/mol. The standard InChI is InChI=1S/C19H31N3O2S/c1-4-21-15-18(17-8-6-5-7-9-17)14-19(16-21)10-12-22(13-11-19)25(23,24)20(2)3/h5-9,18H,4,10-16H2,1-3H3. The Balaban J connectivity index is 1.75. The van der Waals surface area contributed by atoms with Gasteiger partial charge in [0.25, 0.3) is 10.2 Å². The maximum atomic E-state index is 12.4. The Kier molecular flexibility index (Phi) is 5.54. The Bertz CT molecular complexity index is 667. The SMILES string of the molecule is CCN1CC(c2ccccc2)CC2(CCN(S(=O)(=O)N(C)C)CC2)C1. The highest BCUT2D eigenvalue weighted by atomic mass is 32.2. The number of piperidine rings is 2. The van der Waals surface area contributed by atoms with E-state index in [4.69, 9.17) is 0 Å². The van der Waals surface area contributed by atoms with Gasteiger partial charge in [-0.2, -0.15) is 17.0 Å². The molecule has 0 amide bonds. The van der Waals surface area contributed by atoms with Gasteiger partial charge in [-0.25, -0.2) is 0 Å². The van der Waals surface area contributed by atoms with Crippen LogP contribution in [0.5, 0.6) is 0 Å². The van der Waals surface area contributed by atoms with Crippen LogP contribution < -0.4 is 0 Å². The van der Waals surface area contributed by atoms with Gasteiger partial charge in [0.15, 0.2) is 0 Å². The van der Waals surface area contributed by atoms with Gasteiger partial charge in [-0.1, -0.05) is 37.3 Å². The average molecular weight is 366 g/mol. The Morgan fingerprint density at radius 1 is 1.16 bits per heavy atom. The van der Waals surface area contributed by atoms with Crippen molar-refractivity contribution >= 4 is 10.2 Å². The smallest absolute Gasteiger partial charge is 0.281 e. The van der Waals surface area contributed by atoms with Crippen LogP contribution in [0.1, 0.15) is 37.7 Å². The zero-order valence-electron chi connectivity index (χ0n) is 15.7. The molecule has 0 N–H and O–H groups in total. The van der Waals surface area contributed by atoms with Crippen LogP contribution in [-0.2, 0) is 10.2 Å². The predicted octanol–water partition coefficient (Wildman–Crippen LogP) is 2.38. The second kappa shape index (κ2) is 7.35. The van der Waals surface area contributed by atoms with Crippen molar-refractivity contribution in [2.75, 3.05) is 46.8 Å². The topological polar surface area (TPSA) is 43.9 Å². The van der Waals surface area contributed by atoms with Crippen molar-refractivity contribution in [3.05, 3.63) is 35.9 Å². The third kappa shape index (κ3) is 3.92. The lowest BCUT2D eigenvalue weighted by Gasteiger charge is -2.50. The number of likely N-dealkylation sites (tertiary alicyclic amines) is 1. The van der Waals surface area contributed by atoms with Gasteiger partial charge in [0.1, 0.15) is 0 Å². The molecule has 25 heavy (non-hydrogen) atoms. The van der Waals surface area contributed by atoms with Crippen LogP contribution in [-0.4, -0.2) is 68.7 Å². The fourth-order valence-corrected chi connectivity index (χ4v) is 5.58. The third-order valence-electron chi connectivity index (χ3n) is 6.01. The zero-order valence-corrected chi connectivity index (χ0v) is 16.5. The third-order valence-corrected chi connectivity index (χ3v) is 7.95. The normalized spacial score (nSPS) is 25.5. The summed E-state index contributed by atoms with van der Waals surface area (Å²) in [6.07, 6.45) is 3.09. The van der Waals surface area contributed by atoms with Crippen LogP contribution in [0.4, 0.5) is 0 Å². The van der Waals surface area contributed by atoms with Gasteiger partial charge in [-0.05, 0) is 42.7 Å². The van der Waals surface area contributed by atoms with Gasteiger partial charge in [-0.15, -0.1) is 0 Å². The summed E-state index contributed by atoms with van der Waals surface area (Å²) in [6, 6.07) is 10.8. The first-order valence-electron chi connectivity index (χ1n) is 9.31. The van der Waals surface area contributed by atoms with E-state index in [1.54, 1.807) is 18.4 Å². The summed E-state index contributed by atoms with van der Waals surface area (Å²) in [4.78, 5) is 2.55. The van der Waals surface area contributed by atoms with E-state index in [1.807, 2.05) is 0 Å². The molecule has 2 heterocycles. The van der Waals surface area contributed by atoms with Crippen molar-refractivity contribution in [1.29, 1.82) is 0 Å². The van der Waals surface area contributed by atoms with Crippen molar-refractivity contribution in [1.82, 2.24) is 13.5 Å². The lowest BCUT2D eigenvalue weighted by Crippen LogP contribution is -2.53. The summed E-state index contributed by atoms with van der Waals surface area (Å²) in [7, 11) is -0.0557. The van der Waals surface area contributed by atoms with E-state index in [0.717, 1.165) is 32.5 Å². The van der Waals surface area contributed by atoms with Gasteiger partial charge in [0, 0.05) is 40.3 Å². The highest BCUT2D eigenvalue weighted by molar-refractivity contribution is 7.86. The summed E-state index contributed by atoms with van der Waals surface area (Å²) in [5.74, 6) is 0.548. The predicted molar refractivity (Wildman–Crippen MR) is 102 cm³/mol. The Morgan fingerprint density at radius 3 is 2.36 bits per heavy atom. The number of rotatable bonds is 4. The summed E-state index contributed by atoms with van der Waals surface area (Å²) in [5, 5.41) is 0. The molecule has 3 rings (SSSR count). The lowest BCUT2D eigenvalue weighted by molar-refractivity contribution is 0.0329. The molecule has 2 aliphatic rings. The van der Waals surface area contributed by atoms with Gasteiger partial charge >= 0.3 is 0 Å². The van der Waals surface area contributed by atoms with Crippen molar-refractivity contribution in [2.45, 2.75) is 32.1 Å². The number of nitrogens with zero attached hydrogens (tertiary/aromatic N) is 3. The van der Waals surface area contributed by atoms with Crippen LogP contribution >= 0.6 is 0 Å². The quantitative estimate of drug-likeness (QED) is 0.823. The maximum Gasteiger partial charge on any atom is 0.281 e. The summed E-state index contributed by atoms with van der Waals surface area (Å²) in [6.45, 7) is 6.78. The van der Waals surface area contributed by atoms with Crippen LogP contribution in [0.3, 0.4) is 0 Å². The molecule has 140 valence electrons. The molecule has 2 aliphatic heterocycles. The summed E-state index contributed by atoms with van der Waals surface area (Å²) in [5.41, 5.74) is 1.66. The molecule has 0 saturated carbocycles. The largest absolute Gasteiger partial charge is 0.302 e. The Labute approximate surface area is 152 Å². The molecule has 1 unspecified atom stereocenters. The minimum atomic E-state index is -3.29. The number of likely N-dealkylation sites (N-methyl/N-ethyl adjacent to an activating group) is 1. The van der Waals surface area contributed by atoms with E-state index in [9.17, 15) is 8.42 Å². The second-order valence-electron chi connectivity index (χ2n) is 7.83. The lowest BCUT2D eigenvalue weighted by atomic mass is 9.68. The van der Waals surface area contributed by atoms with Crippen LogP contribution in [0.2, 0.25) is 0 Å². The molecule has 2 saturated heterocycles. The highest BCUT2D eigenvalue weighted by Crippen LogP contribution is 2.45. The van der Waals surface area contributed by atoms with Crippen molar-refractivity contribution in [2.24, 2.45) is 5.41 Å². The van der Waals surface area contributed by atoms with E-state index < -0.39 is 10.2 Å². The van der Waals surface area contributed by atoms with Crippen LogP contribution in [0.15, 0.2) is 30.3 Å². The highest BCUT2D eigenvalue weighted by Gasteiger charge is 2.43. The molecular weight excluding hydrogens is 334 g/mol.